The summed E-state index contributed by atoms with van der Waals surface area (Å²) in [7, 11) is 0. The van der Waals surface area contributed by atoms with Gasteiger partial charge in [-0.1, -0.05) is 55.1 Å². The Labute approximate surface area is 89.7 Å². The van der Waals surface area contributed by atoms with Crippen molar-refractivity contribution in [3.63, 3.8) is 0 Å². The van der Waals surface area contributed by atoms with Gasteiger partial charge in [-0.05, 0) is 23.0 Å². The van der Waals surface area contributed by atoms with E-state index in [0.717, 1.165) is 12.8 Å². The van der Waals surface area contributed by atoms with Gasteiger partial charge in [0, 0.05) is 11.3 Å². The molecule has 1 heteroatoms. The fourth-order valence-corrected chi connectivity index (χ4v) is 2.59. The minimum Gasteiger partial charge on any atom is -0.0939 e. The zero-order chi connectivity index (χ0) is 9.80. The summed E-state index contributed by atoms with van der Waals surface area (Å²) in [6.45, 7) is 2.16. The Morgan fingerprint density at radius 3 is 3.00 bits per heavy atom. The molecule has 1 heterocycles. The van der Waals surface area contributed by atoms with Crippen LogP contribution in [0.25, 0.3) is 0 Å². The first kappa shape index (κ1) is 9.60. The normalized spacial score (nSPS) is 17.9. The van der Waals surface area contributed by atoms with Gasteiger partial charge in [-0.25, -0.2) is 0 Å². The van der Waals surface area contributed by atoms with Crippen molar-refractivity contribution in [1.82, 2.24) is 0 Å². The van der Waals surface area contributed by atoms with Crippen molar-refractivity contribution in [3.05, 3.63) is 53.0 Å². The van der Waals surface area contributed by atoms with E-state index in [1.807, 2.05) is 11.8 Å². The molecule has 1 aromatic carbocycles. The predicted octanol–water partition coefficient (Wildman–Crippen LogP) is 4.18. The monoisotopic (exact) mass is 202 g/mol. The molecule has 0 radical (unpaired) electrons. The van der Waals surface area contributed by atoms with E-state index in [0.29, 0.717) is 0 Å². The fourth-order valence-electron chi connectivity index (χ4n) is 1.52. The largest absolute Gasteiger partial charge is 0.0939 e. The van der Waals surface area contributed by atoms with Crippen LogP contribution in [0.5, 0.6) is 0 Å². The lowest BCUT2D eigenvalue weighted by Crippen LogP contribution is -1.76. The first-order chi connectivity index (χ1) is 6.90. The van der Waals surface area contributed by atoms with Crippen molar-refractivity contribution < 1.29 is 0 Å². The molecule has 2 rings (SSSR count). The highest BCUT2D eigenvalue weighted by atomic mass is 32.2. The lowest BCUT2D eigenvalue weighted by molar-refractivity contribution is 1.20. The van der Waals surface area contributed by atoms with E-state index in [1.165, 1.54) is 15.4 Å². The first-order valence-corrected chi connectivity index (χ1v) is 5.83. The summed E-state index contributed by atoms with van der Waals surface area (Å²) in [5.74, 6) is 0. The molecule has 0 N–H and O–H groups in total. The highest BCUT2D eigenvalue weighted by Gasteiger charge is 2.13. The second kappa shape index (κ2) is 4.52. The first-order valence-electron chi connectivity index (χ1n) is 5.01. The Balaban J connectivity index is 2.11. The molecule has 0 fully saturated rings. The Morgan fingerprint density at radius 1 is 1.36 bits per heavy atom. The van der Waals surface area contributed by atoms with E-state index in [2.05, 4.69) is 49.4 Å². The van der Waals surface area contributed by atoms with Gasteiger partial charge in [0.15, 0.2) is 0 Å². The molecular weight excluding hydrogens is 188 g/mol. The van der Waals surface area contributed by atoms with Gasteiger partial charge in [0.05, 0.1) is 0 Å². The number of hydrogen-bond acceptors (Lipinski definition) is 1. The van der Waals surface area contributed by atoms with E-state index in [1.54, 1.807) is 0 Å². The number of fused-ring (bicyclic) bond motifs is 1. The summed E-state index contributed by atoms with van der Waals surface area (Å²) in [6.07, 6.45) is 8.80. The maximum Gasteiger partial charge on any atom is 0.0154 e. The predicted molar refractivity (Wildman–Crippen MR) is 63.5 cm³/mol. The number of thioether (sulfide) groups is 1. The zero-order valence-electron chi connectivity index (χ0n) is 8.36. The summed E-state index contributed by atoms with van der Waals surface area (Å²) >= 11 is 1.90. The number of benzene rings is 1. The van der Waals surface area contributed by atoms with Crippen LogP contribution in [0.15, 0.2) is 52.3 Å². The van der Waals surface area contributed by atoms with Gasteiger partial charge >= 0.3 is 0 Å². The third kappa shape index (κ3) is 2.10. The van der Waals surface area contributed by atoms with Crippen LogP contribution in [-0.2, 0) is 6.42 Å². The zero-order valence-corrected chi connectivity index (χ0v) is 9.18. The number of rotatable bonds is 2. The van der Waals surface area contributed by atoms with Gasteiger partial charge in [-0.2, -0.15) is 0 Å². The quantitative estimate of drug-likeness (QED) is 0.693. The Morgan fingerprint density at radius 2 is 2.21 bits per heavy atom. The van der Waals surface area contributed by atoms with Crippen LogP contribution in [0.2, 0.25) is 0 Å². The molecule has 72 valence electrons. The van der Waals surface area contributed by atoms with Crippen LogP contribution in [0, 0.1) is 0 Å². The van der Waals surface area contributed by atoms with Crippen LogP contribution in [0.4, 0.5) is 0 Å². The Bertz CT molecular complexity index is 348. The molecule has 0 atom stereocenters. The fraction of sp³-hybridized carbons (Fsp3) is 0.231. The Hall–Kier alpha value is -0.950. The summed E-state index contributed by atoms with van der Waals surface area (Å²) in [6, 6.07) is 8.64. The Kier molecular flexibility index (Phi) is 3.10. The molecule has 0 bridgehead atoms. The van der Waals surface area contributed by atoms with Crippen LogP contribution in [-0.4, -0.2) is 0 Å². The van der Waals surface area contributed by atoms with Crippen molar-refractivity contribution in [2.75, 3.05) is 0 Å². The van der Waals surface area contributed by atoms with Crippen LogP contribution < -0.4 is 0 Å². The van der Waals surface area contributed by atoms with Gasteiger partial charge in [0.1, 0.15) is 0 Å². The molecule has 14 heavy (non-hydrogen) atoms. The average Bonchev–Trinajstić information content (AvgIpc) is 2.60. The minimum atomic E-state index is 1.11. The second-order valence-electron chi connectivity index (χ2n) is 3.36. The summed E-state index contributed by atoms with van der Waals surface area (Å²) in [4.78, 5) is 2.87. The summed E-state index contributed by atoms with van der Waals surface area (Å²) < 4.78 is 0. The van der Waals surface area contributed by atoms with Crippen molar-refractivity contribution in [3.8, 4) is 0 Å². The lowest BCUT2D eigenvalue weighted by atomic mass is 10.1. The molecule has 0 aliphatic carbocycles. The van der Waals surface area contributed by atoms with Crippen LogP contribution in [0.1, 0.15) is 18.9 Å². The molecular formula is C13H14S. The molecule has 0 nitrogen and oxygen atoms in total. The van der Waals surface area contributed by atoms with Crippen molar-refractivity contribution >= 4 is 11.8 Å². The molecule has 1 aromatic rings. The molecule has 0 amide bonds. The second-order valence-corrected chi connectivity index (χ2v) is 4.52. The number of allylic oxidation sites excluding steroid dienone is 4. The molecule has 0 saturated carbocycles. The average molecular weight is 202 g/mol. The van der Waals surface area contributed by atoms with Crippen molar-refractivity contribution in [2.45, 2.75) is 24.7 Å². The smallest absolute Gasteiger partial charge is 0.0154 e. The molecule has 1 aliphatic heterocycles. The SMILES string of the molecule is CC/C=C\C=C1/Cc2ccccc2S1. The highest BCUT2D eigenvalue weighted by molar-refractivity contribution is 8.03. The van der Waals surface area contributed by atoms with Gasteiger partial charge < -0.3 is 0 Å². The van der Waals surface area contributed by atoms with Gasteiger partial charge in [-0.15, -0.1) is 0 Å². The van der Waals surface area contributed by atoms with E-state index in [-0.39, 0.29) is 0 Å². The van der Waals surface area contributed by atoms with Crippen LogP contribution in [0.3, 0.4) is 0 Å². The summed E-state index contributed by atoms with van der Waals surface area (Å²) in [5, 5.41) is 0. The van der Waals surface area contributed by atoms with E-state index < -0.39 is 0 Å². The van der Waals surface area contributed by atoms with Crippen LogP contribution >= 0.6 is 11.8 Å². The molecule has 0 saturated heterocycles. The molecule has 0 unspecified atom stereocenters. The molecule has 0 spiro atoms. The third-order valence-corrected chi connectivity index (χ3v) is 3.39. The van der Waals surface area contributed by atoms with E-state index in [9.17, 15) is 0 Å². The lowest BCUT2D eigenvalue weighted by Gasteiger charge is -1.91. The van der Waals surface area contributed by atoms with Crippen molar-refractivity contribution in [1.29, 1.82) is 0 Å². The standard InChI is InChI=1S/C13H14S/c1-2-3-4-8-12-10-11-7-5-6-9-13(11)14-12/h3-9H,2,10H2,1H3/b4-3-,12-8+. The maximum absolute atomic E-state index is 2.23. The van der Waals surface area contributed by atoms with E-state index >= 15 is 0 Å². The topological polar surface area (TPSA) is 0 Å². The van der Waals surface area contributed by atoms with Crippen molar-refractivity contribution in [2.24, 2.45) is 0 Å². The van der Waals surface area contributed by atoms with Gasteiger partial charge in [-0.3, -0.25) is 0 Å². The molecule has 0 aromatic heterocycles. The van der Waals surface area contributed by atoms with E-state index in [4.69, 9.17) is 0 Å². The number of hydrogen-bond donors (Lipinski definition) is 0. The van der Waals surface area contributed by atoms with Gasteiger partial charge in [0.2, 0.25) is 0 Å². The maximum atomic E-state index is 2.23. The minimum absolute atomic E-state index is 1.11. The molecule has 1 aliphatic rings. The highest BCUT2D eigenvalue weighted by Crippen LogP contribution is 2.39. The third-order valence-electron chi connectivity index (χ3n) is 2.23. The van der Waals surface area contributed by atoms with Gasteiger partial charge in [0.25, 0.3) is 0 Å². The summed E-state index contributed by atoms with van der Waals surface area (Å²) in [5.41, 5.74) is 1.47.